The molecule has 0 saturated carbocycles. The fraction of sp³-hybridized carbons (Fsp3) is 0.556. The molecule has 1 heterocycles. The van der Waals surface area contributed by atoms with Gasteiger partial charge in [0.1, 0.15) is 5.82 Å². The molecule has 1 aromatic rings. The molecule has 1 unspecified atom stereocenters. The van der Waals surface area contributed by atoms with Crippen LogP contribution in [-0.2, 0) is 0 Å². The second-order valence-electron chi connectivity index (χ2n) is 3.04. The number of nitrogens with zero attached hydrogens (tertiary/aromatic N) is 2. The van der Waals surface area contributed by atoms with Crippen LogP contribution < -0.4 is 11.3 Å². The van der Waals surface area contributed by atoms with E-state index in [0.717, 1.165) is 24.4 Å². The quantitative estimate of drug-likeness (QED) is 0.537. The lowest BCUT2D eigenvalue weighted by molar-refractivity contribution is 0.496. The normalized spacial score (nSPS) is 12.8. The molecule has 0 bridgehead atoms. The Balaban J connectivity index is 2.78. The highest BCUT2D eigenvalue weighted by Gasteiger charge is 2.09. The van der Waals surface area contributed by atoms with Crippen molar-refractivity contribution in [3.8, 4) is 0 Å². The lowest BCUT2D eigenvalue weighted by atomic mass is 10.1. The minimum absolute atomic E-state index is 0.145. The van der Waals surface area contributed by atoms with Gasteiger partial charge in [-0.05, 0) is 19.4 Å². The van der Waals surface area contributed by atoms with Gasteiger partial charge in [0.2, 0.25) is 0 Å². The van der Waals surface area contributed by atoms with Gasteiger partial charge in [0.05, 0.1) is 11.7 Å². The Morgan fingerprint density at radius 1 is 1.62 bits per heavy atom. The number of hydrazine groups is 1. The van der Waals surface area contributed by atoms with Crippen LogP contribution in [0.2, 0.25) is 0 Å². The second kappa shape index (κ2) is 4.89. The van der Waals surface area contributed by atoms with Gasteiger partial charge in [-0.25, -0.2) is 9.97 Å². The number of hydrogen-bond acceptors (Lipinski definition) is 4. The third-order valence-electron chi connectivity index (χ3n) is 1.93. The molecule has 1 atom stereocenters. The van der Waals surface area contributed by atoms with E-state index in [-0.39, 0.29) is 6.04 Å². The number of rotatable bonds is 4. The molecule has 3 N–H and O–H groups in total. The smallest absolute Gasteiger partial charge is 0.125 e. The summed E-state index contributed by atoms with van der Waals surface area (Å²) in [6.45, 7) is 4.00. The Hall–Kier alpha value is -1.00. The van der Waals surface area contributed by atoms with Gasteiger partial charge in [-0.15, -0.1) is 0 Å². The standard InChI is InChI=1S/C9H16N4/c1-3-4-9(13-10)8-5-6-11-7(2)12-8/h5-6,9,13H,3-4,10H2,1-2H3. The molecule has 0 amide bonds. The molecule has 72 valence electrons. The average molecular weight is 180 g/mol. The minimum atomic E-state index is 0.145. The summed E-state index contributed by atoms with van der Waals surface area (Å²) in [6, 6.07) is 2.04. The lowest BCUT2D eigenvalue weighted by Gasteiger charge is -2.13. The van der Waals surface area contributed by atoms with Crippen molar-refractivity contribution >= 4 is 0 Å². The van der Waals surface area contributed by atoms with Crippen LogP contribution in [0.4, 0.5) is 0 Å². The predicted octanol–water partition coefficient (Wildman–Crippen LogP) is 1.09. The first kappa shape index (κ1) is 10.1. The van der Waals surface area contributed by atoms with Crippen LogP contribution in [0, 0.1) is 6.92 Å². The molecule has 1 rings (SSSR count). The number of aryl methyl sites for hydroxylation is 1. The van der Waals surface area contributed by atoms with Gasteiger partial charge in [0, 0.05) is 6.20 Å². The van der Waals surface area contributed by atoms with E-state index in [1.165, 1.54) is 0 Å². The topological polar surface area (TPSA) is 63.8 Å². The maximum absolute atomic E-state index is 5.43. The first-order chi connectivity index (χ1) is 6.27. The molecule has 0 aliphatic heterocycles. The summed E-state index contributed by atoms with van der Waals surface area (Å²) in [5.74, 6) is 6.22. The van der Waals surface area contributed by atoms with Crippen molar-refractivity contribution < 1.29 is 0 Å². The van der Waals surface area contributed by atoms with E-state index in [1.54, 1.807) is 6.20 Å². The van der Waals surface area contributed by atoms with E-state index in [9.17, 15) is 0 Å². The van der Waals surface area contributed by atoms with Gasteiger partial charge in [0.15, 0.2) is 0 Å². The first-order valence-electron chi connectivity index (χ1n) is 4.53. The number of nitrogens with two attached hydrogens (primary N) is 1. The average Bonchev–Trinajstić information content (AvgIpc) is 2.14. The Bertz CT molecular complexity index is 262. The maximum Gasteiger partial charge on any atom is 0.125 e. The van der Waals surface area contributed by atoms with Gasteiger partial charge in [-0.2, -0.15) is 0 Å². The molecule has 13 heavy (non-hydrogen) atoms. The van der Waals surface area contributed by atoms with Crippen LogP contribution in [0.1, 0.15) is 37.3 Å². The maximum atomic E-state index is 5.43. The largest absolute Gasteiger partial charge is 0.271 e. The van der Waals surface area contributed by atoms with Crippen LogP contribution >= 0.6 is 0 Å². The Labute approximate surface area is 78.6 Å². The Morgan fingerprint density at radius 2 is 2.38 bits per heavy atom. The lowest BCUT2D eigenvalue weighted by Crippen LogP contribution is -2.28. The van der Waals surface area contributed by atoms with Crippen molar-refractivity contribution in [2.45, 2.75) is 32.7 Å². The number of nitrogens with one attached hydrogen (secondary N) is 1. The first-order valence-corrected chi connectivity index (χ1v) is 4.53. The zero-order valence-corrected chi connectivity index (χ0v) is 8.12. The summed E-state index contributed by atoms with van der Waals surface area (Å²) in [7, 11) is 0. The molecule has 0 radical (unpaired) electrons. The Kier molecular flexibility index (Phi) is 3.79. The van der Waals surface area contributed by atoms with E-state index in [2.05, 4.69) is 22.3 Å². The van der Waals surface area contributed by atoms with E-state index >= 15 is 0 Å². The summed E-state index contributed by atoms with van der Waals surface area (Å²) in [4.78, 5) is 8.35. The molecule has 4 heteroatoms. The zero-order valence-electron chi connectivity index (χ0n) is 8.12. The summed E-state index contributed by atoms with van der Waals surface area (Å²) < 4.78 is 0. The van der Waals surface area contributed by atoms with Crippen molar-refractivity contribution in [2.24, 2.45) is 5.84 Å². The van der Waals surface area contributed by atoms with Crippen molar-refractivity contribution in [2.75, 3.05) is 0 Å². The molecule has 0 spiro atoms. The van der Waals surface area contributed by atoms with Crippen molar-refractivity contribution in [3.63, 3.8) is 0 Å². The van der Waals surface area contributed by atoms with Crippen LogP contribution in [-0.4, -0.2) is 9.97 Å². The third-order valence-corrected chi connectivity index (χ3v) is 1.93. The molecule has 4 nitrogen and oxygen atoms in total. The summed E-state index contributed by atoms with van der Waals surface area (Å²) in [5.41, 5.74) is 3.73. The monoisotopic (exact) mass is 180 g/mol. The summed E-state index contributed by atoms with van der Waals surface area (Å²) >= 11 is 0. The van der Waals surface area contributed by atoms with Gasteiger partial charge >= 0.3 is 0 Å². The van der Waals surface area contributed by atoms with E-state index in [4.69, 9.17) is 5.84 Å². The number of hydrogen-bond donors (Lipinski definition) is 2. The fourth-order valence-corrected chi connectivity index (χ4v) is 1.27. The highest BCUT2D eigenvalue weighted by atomic mass is 15.2. The molecule has 0 aromatic carbocycles. The van der Waals surface area contributed by atoms with Crippen LogP contribution in [0.15, 0.2) is 12.3 Å². The van der Waals surface area contributed by atoms with E-state index in [0.29, 0.717) is 0 Å². The highest BCUT2D eigenvalue weighted by molar-refractivity contribution is 5.06. The molecule has 0 aliphatic carbocycles. The van der Waals surface area contributed by atoms with Gasteiger partial charge in [-0.1, -0.05) is 13.3 Å². The highest BCUT2D eigenvalue weighted by Crippen LogP contribution is 2.14. The van der Waals surface area contributed by atoms with Crippen LogP contribution in [0.3, 0.4) is 0 Å². The molecular formula is C9H16N4. The fourth-order valence-electron chi connectivity index (χ4n) is 1.27. The third kappa shape index (κ3) is 2.75. The summed E-state index contributed by atoms with van der Waals surface area (Å²) in [6.07, 6.45) is 3.84. The molecule has 0 fully saturated rings. The van der Waals surface area contributed by atoms with Crippen molar-refractivity contribution in [1.82, 2.24) is 15.4 Å². The SMILES string of the molecule is CCCC(NN)c1ccnc(C)n1. The van der Waals surface area contributed by atoms with E-state index < -0.39 is 0 Å². The van der Waals surface area contributed by atoms with Crippen molar-refractivity contribution in [1.29, 1.82) is 0 Å². The van der Waals surface area contributed by atoms with Crippen molar-refractivity contribution in [3.05, 3.63) is 23.8 Å². The minimum Gasteiger partial charge on any atom is -0.271 e. The molecule has 0 saturated heterocycles. The van der Waals surface area contributed by atoms with Gasteiger partial charge in [0.25, 0.3) is 0 Å². The predicted molar refractivity (Wildman–Crippen MR) is 51.7 cm³/mol. The zero-order chi connectivity index (χ0) is 9.68. The Morgan fingerprint density at radius 3 is 2.92 bits per heavy atom. The van der Waals surface area contributed by atoms with Crippen LogP contribution in [0.25, 0.3) is 0 Å². The van der Waals surface area contributed by atoms with Crippen LogP contribution in [0.5, 0.6) is 0 Å². The molecule has 1 aromatic heterocycles. The van der Waals surface area contributed by atoms with Gasteiger partial charge < -0.3 is 0 Å². The molecular weight excluding hydrogens is 164 g/mol. The molecule has 0 aliphatic rings. The van der Waals surface area contributed by atoms with E-state index in [1.807, 2.05) is 13.0 Å². The van der Waals surface area contributed by atoms with Gasteiger partial charge in [-0.3, -0.25) is 11.3 Å². The summed E-state index contributed by atoms with van der Waals surface area (Å²) in [5, 5.41) is 0. The number of aromatic nitrogens is 2. The second-order valence-corrected chi connectivity index (χ2v) is 3.04.